The van der Waals surface area contributed by atoms with Crippen molar-refractivity contribution in [3.63, 3.8) is 0 Å². The van der Waals surface area contributed by atoms with Crippen molar-refractivity contribution in [3.05, 3.63) is 0 Å². The van der Waals surface area contributed by atoms with Crippen LogP contribution in [0, 0.1) is 11.8 Å². The smallest absolute Gasteiger partial charge is 0.326 e. The highest BCUT2D eigenvalue weighted by Crippen LogP contribution is 2.12. The molecule has 0 bridgehead atoms. The van der Waals surface area contributed by atoms with Gasteiger partial charge in [-0.15, -0.1) is 0 Å². The minimum atomic E-state index is -1.54. The van der Waals surface area contributed by atoms with Crippen molar-refractivity contribution in [1.29, 1.82) is 0 Å². The number of carboxylic acid groups (broad SMARTS) is 1. The quantitative estimate of drug-likeness (QED) is 0.0768. The number of aliphatic hydroxyl groups is 1. The zero-order chi connectivity index (χ0) is 32.9. The number of nitrogens with two attached hydrogens (primary N) is 1. The first-order chi connectivity index (χ1) is 20.1. The molecule has 0 aromatic heterocycles. The molecule has 16 heteroatoms. The molecular formula is C27H47N7O9. The van der Waals surface area contributed by atoms with E-state index in [1.807, 2.05) is 0 Å². The summed E-state index contributed by atoms with van der Waals surface area (Å²) in [5.74, 6) is -7.05. The molecule has 16 nitrogen and oxygen atoms in total. The highest BCUT2D eigenvalue weighted by molar-refractivity contribution is 5.97. The molecule has 0 aromatic carbocycles. The van der Waals surface area contributed by atoms with Crippen LogP contribution in [0.1, 0.15) is 66.7 Å². The monoisotopic (exact) mass is 613 g/mol. The van der Waals surface area contributed by atoms with Crippen LogP contribution >= 0.6 is 0 Å². The highest BCUT2D eigenvalue weighted by atomic mass is 16.4. The van der Waals surface area contributed by atoms with E-state index in [1.165, 1.54) is 6.92 Å². The molecule has 1 fully saturated rings. The molecule has 8 atom stereocenters. The summed E-state index contributed by atoms with van der Waals surface area (Å²) in [5, 5.41) is 34.7. The van der Waals surface area contributed by atoms with Crippen LogP contribution in [0.15, 0.2) is 0 Å². The first-order valence-electron chi connectivity index (χ1n) is 14.5. The van der Waals surface area contributed by atoms with Crippen LogP contribution in [0.2, 0.25) is 0 Å². The van der Waals surface area contributed by atoms with Gasteiger partial charge in [-0.1, -0.05) is 40.5 Å². The predicted molar refractivity (Wildman–Crippen MR) is 154 cm³/mol. The van der Waals surface area contributed by atoms with Gasteiger partial charge in [0.1, 0.15) is 24.2 Å². The molecule has 6 amide bonds. The van der Waals surface area contributed by atoms with Gasteiger partial charge in [-0.3, -0.25) is 28.8 Å². The van der Waals surface area contributed by atoms with Crippen LogP contribution in [0.3, 0.4) is 0 Å². The number of hydrogen-bond acceptors (Lipinski definition) is 9. The van der Waals surface area contributed by atoms with Gasteiger partial charge >= 0.3 is 5.97 Å². The SMILES string of the molecule is CC[C@H](C)[C@H](NC(=O)[C@H](CC(N)=O)NC(=O)[C@@H](NC(=O)[C@@H](NC(=O)CNC(=O)[C@@H]1CCCN1)[C@@H](C)O)[C@@H](C)CC)C(=O)O. The summed E-state index contributed by atoms with van der Waals surface area (Å²) in [6.45, 7) is 8.24. The first-order valence-corrected chi connectivity index (χ1v) is 14.5. The fourth-order valence-corrected chi connectivity index (χ4v) is 4.38. The van der Waals surface area contributed by atoms with Gasteiger partial charge in [-0.05, 0) is 38.1 Å². The molecular weight excluding hydrogens is 566 g/mol. The average Bonchev–Trinajstić information content (AvgIpc) is 3.49. The standard InChI is InChI=1S/C27H47N7O9/c1-6-13(3)20(25(40)31-17(11-18(28)36)24(39)34-21(27(42)43)14(4)7-2)33-26(41)22(15(5)35)32-19(37)12-30-23(38)16-9-8-10-29-16/h13-17,20-22,29,35H,6-12H2,1-5H3,(H2,28,36)(H,30,38)(H,31,40)(H,32,37)(H,33,41)(H,34,39)(H,42,43)/t13-,14-,15+,16-,17-,20-,21-,22-/m0/s1. The van der Waals surface area contributed by atoms with E-state index in [0.29, 0.717) is 25.8 Å². The predicted octanol–water partition coefficient (Wildman–Crippen LogP) is -2.77. The number of rotatable bonds is 18. The van der Waals surface area contributed by atoms with Crippen LogP contribution in [-0.2, 0) is 33.6 Å². The number of carbonyl (C=O) groups excluding carboxylic acids is 6. The van der Waals surface area contributed by atoms with Crippen molar-refractivity contribution in [2.24, 2.45) is 17.6 Å². The van der Waals surface area contributed by atoms with E-state index >= 15 is 0 Å². The molecule has 1 aliphatic heterocycles. The number of carbonyl (C=O) groups is 7. The van der Waals surface area contributed by atoms with Gasteiger partial charge < -0.3 is 47.8 Å². The topological polar surface area (TPSA) is 258 Å². The highest BCUT2D eigenvalue weighted by Gasteiger charge is 2.35. The minimum Gasteiger partial charge on any atom is -0.480 e. The third kappa shape index (κ3) is 12.2. The van der Waals surface area contributed by atoms with E-state index in [9.17, 15) is 43.8 Å². The maximum Gasteiger partial charge on any atom is 0.326 e. The van der Waals surface area contributed by atoms with Gasteiger partial charge in [0.05, 0.1) is 25.1 Å². The Labute approximate surface area is 251 Å². The van der Waals surface area contributed by atoms with E-state index in [-0.39, 0.29) is 5.91 Å². The third-order valence-corrected chi connectivity index (χ3v) is 7.49. The third-order valence-electron chi connectivity index (χ3n) is 7.49. The largest absolute Gasteiger partial charge is 0.480 e. The molecule has 244 valence electrons. The van der Waals surface area contributed by atoms with Crippen molar-refractivity contribution in [2.45, 2.75) is 103 Å². The number of nitrogens with one attached hydrogen (secondary N) is 6. The van der Waals surface area contributed by atoms with Gasteiger partial charge in [-0.2, -0.15) is 0 Å². The molecule has 10 N–H and O–H groups in total. The summed E-state index contributed by atoms with van der Waals surface area (Å²) in [6.07, 6.45) is 0.239. The summed E-state index contributed by atoms with van der Waals surface area (Å²) in [5.41, 5.74) is 5.27. The summed E-state index contributed by atoms with van der Waals surface area (Å²) in [7, 11) is 0. The lowest BCUT2D eigenvalue weighted by molar-refractivity contribution is -0.144. The van der Waals surface area contributed by atoms with Crippen LogP contribution in [0.25, 0.3) is 0 Å². The zero-order valence-corrected chi connectivity index (χ0v) is 25.4. The van der Waals surface area contributed by atoms with E-state index in [0.717, 1.165) is 6.42 Å². The fraction of sp³-hybridized carbons (Fsp3) is 0.741. The molecule has 0 saturated carbocycles. The number of carboxylic acids is 1. The van der Waals surface area contributed by atoms with Gasteiger partial charge in [0.2, 0.25) is 35.4 Å². The van der Waals surface area contributed by atoms with Crippen molar-refractivity contribution in [3.8, 4) is 0 Å². The average molecular weight is 614 g/mol. The second-order valence-corrected chi connectivity index (χ2v) is 11.0. The second kappa shape index (κ2) is 18.0. The number of amides is 6. The molecule has 1 saturated heterocycles. The zero-order valence-electron chi connectivity index (χ0n) is 25.4. The Morgan fingerprint density at radius 1 is 0.837 bits per heavy atom. The lowest BCUT2D eigenvalue weighted by Gasteiger charge is -2.29. The summed E-state index contributed by atoms with van der Waals surface area (Å²) >= 11 is 0. The van der Waals surface area contributed by atoms with E-state index in [4.69, 9.17) is 5.73 Å². The Balaban J connectivity index is 3.01. The minimum absolute atomic E-state index is 0.368. The Bertz CT molecular complexity index is 1020. The molecule has 0 spiro atoms. The maximum absolute atomic E-state index is 13.3. The van der Waals surface area contributed by atoms with Gasteiger partial charge in [0.15, 0.2) is 0 Å². The van der Waals surface area contributed by atoms with Gasteiger partial charge in [-0.25, -0.2) is 4.79 Å². The van der Waals surface area contributed by atoms with Gasteiger partial charge in [0, 0.05) is 0 Å². The Hall–Kier alpha value is -3.79. The van der Waals surface area contributed by atoms with Crippen molar-refractivity contribution < 1.29 is 43.8 Å². The number of aliphatic carboxylic acids is 1. The van der Waals surface area contributed by atoms with E-state index in [2.05, 4.69) is 31.9 Å². The Morgan fingerprint density at radius 3 is 1.88 bits per heavy atom. The molecule has 0 unspecified atom stereocenters. The number of primary amides is 1. The molecule has 1 aliphatic rings. The summed E-state index contributed by atoms with van der Waals surface area (Å²) < 4.78 is 0. The van der Waals surface area contributed by atoms with Crippen molar-refractivity contribution in [1.82, 2.24) is 31.9 Å². The molecule has 0 aromatic rings. The van der Waals surface area contributed by atoms with Gasteiger partial charge in [0.25, 0.3) is 0 Å². The van der Waals surface area contributed by atoms with Crippen molar-refractivity contribution in [2.75, 3.05) is 13.1 Å². The van der Waals surface area contributed by atoms with Crippen LogP contribution < -0.4 is 37.6 Å². The van der Waals surface area contributed by atoms with Crippen LogP contribution in [0.5, 0.6) is 0 Å². The Kier molecular flexibility index (Phi) is 15.6. The fourth-order valence-electron chi connectivity index (χ4n) is 4.38. The van der Waals surface area contributed by atoms with Crippen LogP contribution in [0.4, 0.5) is 0 Å². The lowest BCUT2D eigenvalue weighted by Crippen LogP contribution is -2.61. The summed E-state index contributed by atoms with van der Waals surface area (Å²) in [4.78, 5) is 87.4. The van der Waals surface area contributed by atoms with Crippen LogP contribution in [-0.4, -0.2) is 101 Å². The molecule has 43 heavy (non-hydrogen) atoms. The summed E-state index contributed by atoms with van der Waals surface area (Å²) in [6, 6.07) is -6.01. The molecule has 0 aliphatic carbocycles. The van der Waals surface area contributed by atoms with E-state index < -0.39 is 96.6 Å². The number of hydrogen-bond donors (Lipinski definition) is 9. The second-order valence-electron chi connectivity index (χ2n) is 11.0. The first kappa shape index (κ1) is 37.2. The lowest BCUT2D eigenvalue weighted by atomic mass is 9.96. The number of aliphatic hydroxyl groups excluding tert-OH is 1. The Morgan fingerprint density at radius 2 is 1.40 bits per heavy atom. The van der Waals surface area contributed by atoms with E-state index in [1.54, 1.807) is 27.7 Å². The molecule has 1 heterocycles. The molecule has 1 rings (SSSR count). The van der Waals surface area contributed by atoms with Crippen molar-refractivity contribution >= 4 is 41.4 Å². The molecule has 0 radical (unpaired) electrons. The maximum atomic E-state index is 13.3. The normalized spacial score (nSPS) is 19.3.